The molecule has 3 rings (SSSR count). The Morgan fingerprint density at radius 2 is 2.09 bits per heavy atom. The molecular weight excluding hydrogens is 280 g/mol. The Labute approximate surface area is 126 Å². The minimum absolute atomic E-state index is 0.449. The van der Waals surface area contributed by atoms with Crippen molar-refractivity contribution in [3.63, 3.8) is 0 Å². The number of carbonyl (C=O) groups is 1. The number of carbonyl (C=O) groups excluding carboxylic acids is 1. The molecule has 3 aromatic rings. The maximum absolute atomic E-state index is 12.1. The Hall–Kier alpha value is -2.99. The van der Waals surface area contributed by atoms with E-state index in [9.17, 15) is 9.90 Å². The molecule has 0 spiro atoms. The van der Waals surface area contributed by atoms with E-state index in [1.807, 2.05) is 18.2 Å². The van der Waals surface area contributed by atoms with Crippen molar-refractivity contribution < 1.29 is 9.90 Å². The van der Waals surface area contributed by atoms with Crippen molar-refractivity contribution in [2.24, 2.45) is 0 Å². The number of anilines is 1. The third-order valence-electron chi connectivity index (χ3n) is 3.19. The molecule has 2 aromatic heterocycles. The summed E-state index contributed by atoms with van der Waals surface area (Å²) in [6.45, 7) is 0. The van der Waals surface area contributed by atoms with Gasteiger partial charge in [-0.2, -0.15) is 5.10 Å². The molecule has 6 heteroatoms. The van der Waals surface area contributed by atoms with Crippen molar-refractivity contribution in [2.45, 2.75) is 6.10 Å². The number of pyridine rings is 1. The Balaban J connectivity index is 1.76. The topological polar surface area (TPSA) is 90.9 Å². The second-order valence-electron chi connectivity index (χ2n) is 4.73. The first-order valence-electron chi connectivity index (χ1n) is 6.73. The van der Waals surface area contributed by atoms with Crippen LogP contribution >= 0.6 is 0 Å². The predicted molar refractivity (Wildman–Crippen MR) is 81.9 cm³/mol. The minimum Gasteiger partial charge on any atom is -0.378 e. The molecule has 6 nitrogen and oxygen atoms in total. The summed E-state index contributed by atoms with van der Waals surface area (Å²) in [5.74, 6) is -0.505. The third-order valence-corrected chi connectivity index (χ3v) is 3.19. The van der Waals surface area contributed by atoms with E-state index in [0.717, 1.165) is 11.3 Å². The van der Waals surface area contributed by atoms with Crippen LogP contribution in [0.25, 0.3) is 11.3 Å². The van der Waals surface area contributed by atoms with Crippen molar-refractivity contribution in [2.75, 3.05) is 5.32 Å². The van der Waals surface area contributed by atoms with Crippen LogP contribution in [0.5, 0.6) is 0 Å². The number of rotatable bonds is 4. The number of nitrogens with one attached hydrogen (secondary N) is 2. The molecule has 0 aliphatic heterocycles. The lowest BCUT2D eigenvalue weighted by Gasteiger charge is -2.12. The molecule has 3 N–H and O–H groups in total. The zero-order valence-corrected chi connectivity index (χ0v) is 11.6. The second-order valence-corrected chi connectivity index (χ2v) is 4.73. The number of aliphatic hydroxyl groups is 1. The lowest BCUT2D eigenvalue weighted by atomic mass is 10.1. The van der Waals surface area contributed by atoms with E-state index < -0.39 is 12.0 Å². The van der Waals surface area contributed by atoms with E-state index >= 15 is 0 Å². The molecular formula is C16H14N4O2. The maximum Gasteiger partial charge on any atom is 0.257 e. The predicted octanol–water partition coefficient (Wildman–Crippen LogP) is 2.14. The molecule has 1 unspecified atom stereocenters. The SMILES string of the molecule is O=C(Nc1cccc(-c2ccn[nH]2)c1)C(O)c1cccnc1. The van der Waals surface area contributed by atoms with Gasteiger partial charge in [-0.25, -0.2) is 0 Å². The third kappa shape index (κ3) is 3.02. The number of H-pyrrole nitrogens is 1. The first kappa shape index (κ1) is 14.0. The molecule has 0 saturated carbocycles. The van der Waals surface area contributed by atoms with E-state index in [1.165, 1.54) is 6.20 Å². The Kier molecular flexibility index (Phi) is 3.93. The first-order chi connectivity index (χ1) is 10.7. The lowest BCUT2D eigenvalue weighted by molar-refractivity contribution is -0.124. The number of benzene rings is 1. The van der Waals surface area contributed by atoms with Crippen molar-refractivity contribution in [3.05, 3.63) is 66.6 Å². The molecule has 0 radical (unpaired) electrons. The van der Waals surface area contributed by atoms with Gasteiger partial charge in [0.1, 0.15) is 0 Å². The zero-order chi connectivity index (χ0) is 15.4. The van der Waals surface area contributed by atoms with Gasteiger partial charge in [0.2, 0.25) is 0 Å². The summed E-state index contributed by atoms with van der Waals surface area (Å²) in [6, 6.07) is 12.5. The summed E-state index contributed by atoms with van der Waals surface area (Å²) in [7, 11) is 0. The fourth-order valence-corrected chi connectivity index (χ4v) is 2.08. The molecule has 0 saturated heterocycles. The summed E-state index contributed by atoms with van der Waals surface area (Å²) in [5, 5.41) is 19.5. The Morgan fingerprint density at radius 1 is 1.18 bits per heavy atom. The van der Waals surface area contributed by atoms with Gasteiger partial charge in [-0.15, -0.1) is 0 Å². The summed E-state index contributed by atoms with van der Waals surface area (Å²) in [6.07, 6.45) is 3.45. The van der Waals surface area contributed by atoms with E-state index in [4.69, 9.17) is 0 Å². The number of amides is 1. The fourth-order valence-electron chi connectivity index (χ4n) is 2.08. The van der Waals surface area contributed by atoms with E-state index in [0.29, 0.717) is 11.3 Å². The molecule has 22 heavy (non-hydrogen) atoms. The van der Waals surface area contributed by atoms with Gasteiger partial charge < -0.3 is 10.4 Å². The highest BCUT2D eigenvalue weighted by Crippen LogP contribution is 2.21. The highest BCUT2D eigenvalue weighted by Gasteiger charge is 2.17. The summed E-state index contributed by atoms with van der Waals surface area (Å²) >= 11 is 0. The van der Waals surface area contributed by atoms with Gasteiger partial charge in [-0.05, 0) is 24.3 Å². The van der Waals surface area contributed by atoms with Gasteiger partial charge in [0.25, 0.3) is 5.91 Å². The van der Waals surface area contributed by atoms with Gasteiger partial charge in [0.05, 0.1) is 5.69 Å². The molecule has 0 bridgehead atoms. The van der Waals surface area contributed by atoms with Crippen LogP contribution in [0.4, 0.5) is 5.69 Å². The molecule has 0 fully saturated rings. The van der Waals surface area contributed by atoms with E-state index in [-0.39, 0.29) is 0 Å². The molecule has 1 atom stereocenters. The first-order valence-corrected chi connectivity index (χ1v) is 6.73. The molecule has 0 aliphatic rings. The van der Waals surface area contributed by atoms with Crippen LogP contribution in [0.2, 0.25) is 0 Å². The Morgan fingerprint density at radius 3 is 2.82 bits per heavy atom. The number of aromatic amines is 1. The largest absolute Gasteiger partial charge is 0.378 e. The second kappa shape index (κ2) is 6.19. The quantitative estimate of drug-likeness (QED) is 0.687. The number of aliphatic hydroxyl groups excluding tert-OH is 1. The monoisotopic (exact) mass is 294 g/mol. The van der Waals surface area contributed by atoms with Crippen LogP contribution in [0.15, 0.2) is 61.1 Å². The standard InChI is InChI=1S/C16H14N4O2/c21-15(12-4-2-7-17-10-12)16(22)19-13-5-1-3-11(9-13)14-6-8-18-20-14/h1-10,15,21H,(H,18,20)(H,19,22). The van der Waals surface area contributed by atoms with Crippen LogP contribution < -0.4 is 5.32 Å². The smallest absolute Gasteiger partial charge is 0.257 e. The van der Waals surface area contributed by atoms with Crippen LogP contribution in [-0.4, -0.2) is 26.2 Å². The molecule has 1 aromatic carbocycles. The average molecular weight is 294 g/mol. The van der Waals surface area contributed by atoms with E-state index in [1.54, 1.807) is 36.7 Å². The molecule has 110 valence electrons. The average Bonchev–Trinajstić information content (AvgIpc) is 3.10. The van der Waals surface area contributed by atoms with Crippen molar-refractivity contribution in [1.29, 1.82) is 0 Å². The van der Waals surface area contributed by atoms with Crippen LogP contribution in [-0.2, 0) is 4.79 Å². The number of hydrogen-bond donors (Lipinski definition) is 3. The minimum atomic E-state index is -1.26. The van der Waals surface area contributed by atoms with Gasteiger partial charge in [-0.3, -0.25) is 14.9 Å². The van der Waals surface area contributed by atoms with Crippen LogP contribution in [0.3, 0.4) is 0 Å². The van der Waals surface area contributed by atoms with Crippen molar-refractivity contribution in [3.8, 4) is 11.3 Å². The van der Waals surface area contributed by atoms with Gasteiger partial charge >= 0.3 is 0 Å². The van der Waals surface area contributed by atoms with Gasteiger partial charge in [0.15, 0.2) is 6.10 Å². The van der Waals surface area contributed by atoms with Crippen LogP contribution in [0, 0.1) is 0 Å². The maximum atomic E-state index is 12.1. The van der Waals surface area contributed by atoms with Crippen LogP contribution in [0.1, 0.15) is 11.7 Å². The molecule has 2 heterocycles. The normalized spacial score (nSPS) is 11.9. The summed E-state index contributed by atoms with van der Waals surface area (Å²) in [4.78, 5) is 16.0. The van der Waals surface area contributed by atoms with Gasteiger partial charge in [-0.1, -0.05) is 18.2 Å². The lowest BCUT2D eigenvalue weighted by Crippen LogP contribution is -2.20. The van der Waals surface area contributed by atoms with Gasteiger partial charge in [0, 0.05) is 35.4 Å². The number of aromatic nitrogens is 3. The fraction of sp³-hybridized carbons (Fsp3) is 0.0625. The summed E-state index contributed by atoms with van der Waals surface area (Å²) in [5.41, 5.74) is 2.79. The number of hydrogen-bond acceptors (Lipinski definition) is 4. The molecule has 1 amide bonds. The summed E-state index contributed by atoms with van der Waals surface area (Å²) < 4.78 is 0. The highest BCUT2D eigenvalue weighted by atomic mass is 16.3. The highest BCUT2D eigenvalue weighted by molar-refractivity contribution is 5.95. The zero-order valence-electron chi connectivity index (χ0n) is 11.6. The Bertz CT molecular complexity index is 757. The van der Waals surface area contributed by atoms with Crippen molar-refractivity contribution >= 4 is 11.6 Å². The molecule has 0 aliphatic carbocycles. The number of nitrogens with zero attached hydrogens (tertiary/aromatic N) is 2. The van der Waals surface area contributed by atoms with E-state index in [2.05, 4.69) is 20.5 Å². The van der Waals surface area contributed by atoms with Crippen molar-refractivity contribution in [1.82, 2.24) is 15.2 Å².